The number of rotatable bonds is 11. The first kappa shape index (κ1) is 60.8. The summed E-state index contributed by atoms with van der Waals surface area (Å²) in [6, 6.07) is -7.69. The number of primary amides is 1. The lowest BCUT2D eigenvalue weighted by molar-refractivity contribution is -0.145. The molecule has 5 aliphatic rings. The molecule has 2 bridgehead atoms. The largest absolute Gasteiger partial charge is 0.508 e. The molecule has 0 spiro atoms. The number of piperazine rings is 1. The molecule has 0 radical (unpaired) electrons. The molecule has 1 aromatic carbocycles. The fourth-order valence-corrected chi connectivity index (χ4v) is 11.6. The van der Waals surface area contributed by atoms with Gasteiger partial charge >= 0.3 is 0 Å². The van der Waals surface area contributed by atoms with Crippen molar-refractivity contribution < 1.29 is 82.2 Å². The Morgan fingerprint density at radius 1 is 0.802 bits per heavy atom. The Morgan fingerprint density at radius 2 is 1.46 bits per heavy atom. The van der Waals surface area contributed by atoms with Crippen LogP contribution in [0.4, 0.5) is 0 Å². The van der Waals surface area contributed by atoms with Gasteiger partial charge in [-0.2, -0.15) is 0 Å². The Balaban J connectivity index is 1.36. The van der Waals surface area contributed by atoms with Gasteiger partial charge < -0.3 is 78.2 Å². The molecule has 81 heavy (non-hydrogen) atoms. The topological polar surface area (TPSA) is 442 Å². The first-order valence-corrected chi connectivity index (χ1v) is 27.6. The summed E-state index contributed by atoms with van der Waals surface area (Å²) >= 11 is 0. The van der Waals surface area contributed by atoms with Crippen molar-refractivity contribution in [1.82, 2.24) is 61.8 Å². The molecule has 6 heterocycles. The normalized spacial score (nSPS) is 27.3. The van der Waals surface area contributed by atoms with E-state index >= 15 is 4.21 Å². The van der Waals surface area contributed by atoms with Gasteiger partial charge in [-0.1, -0.05) is 27.2 Å². The first-order chi connectivity index (χ1) is 38.4. The molecule has 1 unspecified atom stereocenters. The zero-order valence-corrected chi connectivity index (χ0v) is 45.4. The van der Waals surface area contributed by atoms with Crippen LogP contribution in [0.3, 0.4) is 0 Å². The third-order valence-corrected chi connectivity index (χ3v) is 16.5. The molecule has 11 atom stereocenters. The minimum atomic E-state index is -2.53. The number of imide groups is 1. The van der Waals surface area contributed by atoms with Crippen molar-refractivity contribution in [1.29, 1.82) is 0 Å². The summed E-state index contributed by atoms with van der Waals surface area (Å²) in [4.78, 5) is 172. The number of fused-ring (bicyclic) bond motifs is 5. The number of carbonyl (C=O) groups excluding carboxylic acids is 12. The average Bonchev–Trinajstić information content (AvgIpc) is 4.24. The highest BCUT2D eigenvalue weighted by Crippen LogP contribution is 2.35. The van der Waals surface area contributed by atoms with Gasteiger partial charge in [-0.25, -0.2) is 0 Å². The van der Waals surface area contributed by atoms with Crippen LogP contribution in [0.1, 0.15) is 51.2 Å². The molecule has 2 saturated heterocycles. The number of nitrogens with zero attached hydrogens (tertiary/aromatic N) is 4. The molecule has 0 saturated carbocycles. The fraction of sp³-hybridized carbons (Fsp3) is 0.560. The standard InChI is InChI=1S/C50H67N13O17S/c1-4-23(2)41-47(77)53-16-36(69)54-31-22-81(80)49-27(26-5-6-33(66)28(43(26)59-49)19-60-9-11-61(12-10-60)40(73)20-63-38(71)7-8-39(63)72)14-29(44(74)52-17-37(70)57-41)55-48(78)42(24(3)34(67)21-64)58-46(76)32-13-25(65)18-62(32)50(79)30(15-35(51)68)56-45(31)75/h5-8,23-25,29-32,34,41-42,59,64-67H,4,9-22H2,1-3H3,(H2,51,68)(H,52,74)(H,53,77)(H,54,69)(H,55,78)(H,56,75)(H,57,70)(H,58,76)/t23-,24+,25+,29+,30-,31+,32-,34+,41-,42-,81?/m0/s1. The molecule has 31 heteroatoms. The van der Waals surface area contributed by atoms with Crippen molar-refractivity contribution >= 4 is 92.6 Å². The molecule has 0 aliphatic carbocycles. The number of aliphatic hydroxyl groups excluding tert-OH is 3. The van der Waals surface area contributed by atoms with Crippen LogP contribution in [-0.2, 0) is 81.3 Å². The Morgan fingerprint density at radius 3 is 2.10 bits per heavy atom. The molecule has 5 aliphatic heterocycles. The molecular formula is C50H67N13O17S. The zero-order valence-electron chi connectivity index (χ0n) is 44.6. The molecule has 30 nitrogen and oxygen atoms in total. The first-order valence-electron chi connectivity index (χ1n) is 26.3. The van der Waals surface area contributed by atoms with E-state index in [0.717, 1.165) is 22.0 Å². The van der Waals surface area contributed by atoms with Gasteiger partial charge in [0.05, 0.1) is 60.4 Å². The van der Waals surface area contributed by atoms with E-state index < -0.39 is 200 Å². The number of phenols is 1. The summed E-state index contributed by atoms with van der Waals surface area (Å²) in [5.41, 5.74) is 5.88. The summed E-state index contributed by atoms with van der Waals surface area (Å²) in [5, 5.41) is 60.5. The van der Waals surface area contributed by atoms with Crippen LogP contribution in [0.5, 0.6) is 5.75 Å². The number of nitrogens with two attached hydrogens (primary N) is 1. The van der Waals surface area contributed by atoms with Gasteiger partial charge in [-0.15, -0.1) is 0 Å². The Bertz CT molecular complexity index is 2910. The van der Waals surface area contributed by atoms with Crippen molar-refractivity contribution in [3.8, 4) is 5.75 Å². The van der Waals surface area contributed by atoms with Gasteiger partial charge in [0.1, 0.15) is 53.6 Å². The van der Waals surface area contributed by atoms with E-state index in [2.05, 4.69) is 42.2 Å². The van der Waals surface area contributed by atoms with Gasteiger partial charge in [0.2, 0.25) is 59.1 Å². The lowest BCUT2D eigenvalue weighted by Gasteiger charge is -2.35. The predicted molar refractivity (Wildman–Crippen MR) is 280 cm³/mol. The van der Waals surface area contributed by atoms with Crippen LogP contribution >= 0.6 is 0 Å². The summed E-state index contributed by atoms with van der Waals surface area (Å²) in [5.74, 6) is -14.4. The lowest BCUT2D eigenvalue weighted by Crippen LogP contribution is -2.62. The number of phenolic OH excluding ortho intramolecular Hbond substituents is 1. The summed E-state index contributed by atoms with van der Waals surface area (Å²) < 4.78 is 15.2. The van der Waals surface area contributed by atoms with Gasteiger partial charge in [0.15, 0.2) is 0 Å². The van der Waals surface area contributed by atoms with Crippen LogP contribution in [0, 0.1) is 11.8 Å². The fourth-order valence-electron chi connectivity index (χ4n) is 10.2. The van der Waals surface area contributed by atoms with Crippen molar-refractivity contribution in [2.24, 2.45) is 17.6 Å². The number of amides is 12. The van der Waals surface area contributed by atoms with Gasteiger partial charge in [0, 0.05) is 81.1 Å². The number of benzene rings is 1. The number of carbonyl (C=O) groups is 12. The number of hydrogen-bond acceptors (Lipinski definition) is 18. The van der Waals surface area contributed by atoms with Crippen LogP contribution in [-0.4, -0.2) is 233 Å². The van der Waals surface area contributed by atoms with Gasteiger partial charge in [-0.3, -0.25) is 71.5 Å². The molecule has 2 fully saturated rings. The minimum absolute atomic E-state index is 0.00334. The maximum absolute atomic E-state index is 15.2. The molecular weight excluding hydrogens is 1090 g/mol. The van der Waals surface area contributed by atoms with E-state index in [-0.39, 0.29) is 65.5 Å². The highest BCUT2D eigenvalue weighted by Gasteiger charge is 2.45. The number of aromatic amines is 1. The molecule has 440 valence electrons. The summed E-state index contributed by atoms with van der Waals surface area (Å²) in [6.07, 6.45) is -2.63. The van der Waals surface area contributed by atoms with Crippen LogP contribution in [0.2, 0.25) is 0 Å². The molecule has 1 aromatic heterocycles. The van der Waals surface area contributed by atoms with Gasteiger partial charge in [-0.05, 0) is 23.6 Å². The zero-order chi connectivity index (χ0) is 59.1. The SMILES string of the molecule is CC[C@H](C)[C@@H]1NC(=O)CNC(=O)[C@H]2Cc3c([nH]c4c(CN5CCN(C(=O)CN6C(=O)C=CC6=O)CC5)c(O)ccc34)S(=O)C[C@@H](NC(=O)CNC1=O)C(=O)N[C@@H](CC(N)=O)C(=O)N1C[C@H](O)C[C@H]1C(=O)N[C@@H]([C@H](C)[C@H](O)CO)C(=O)N2. The second-order valence-corrected chi connectivity index (χ2v) is 22.1. The van der Waals surface area contributed by atoms with E-state index in [9.17, 15) is 78.0 Å². The number of aromatic nitrogens is 1. The third kappa shape index (κ3) is 14.2. The van der Waals surface area contributed by atoms with Crippen molar-refractivity contribution in [2.45, 2.75) is 106 Å². The molecule has 14 N–H and O–H groups in total. The smallest absolute Gasteiger partial charge is 0.254 e. The second kappa shape index (κ2) is 26.2. The quantitative estimate of drug-likeness (QED) is 0.0930. The number of nitrogens with one attached hydrogen (secondary N) is 8. The maximum atomic E-state index is 15.2. The van der Waals surface area contributed by atoms with Crippen LogP contribution < -0.4 is 43.0 Å². The summed E-state index contributed by atoms with van der Waals surface area (Å²) in [6.45, 7) is 1.69. The van der Waals surface area contributed by atoms with E-state index in [4.69, 9.17) is 5.73 Å². The number of H-pyrrole nitrogens is 1. The van der Waals surface area contributed by atoms with Crippen LogP contribution in [0.15, 0.2) is 29.3 Å². The number of hydrogen-bond donors (Lipinski definition) is 13. The predicted octanol–water partition coefficient (Wildman–Crippen LogP) is -7.35. The number of aromatic hydroxyl groups is 1. The van der Waals surface area contributed by atoms with Crippen molar-refractivity contribution in [3.05, 3.63) is 35.4 Å². The highest BCUT2D eigenvalue weighted by atomic mass is 32.2. The van der Waals surface area contributed by atoms with E-state index in [0.29, 0.717) is 6.42 Å². The van der Waals surface area contributed by atoms with E-state index in [1.54, 1.807) is 13.8 Å². The average molecular weight is 1150 g/mol. The van der Waals surface area contributed by atoms with E-state index in [1.807, 2.05) is 4.90 Å². The lowest BCUT2D eigenvalue weighted by atomic mass is 9.93. The van der Waals surface area contributed by atoms with Crippen molar-refractivity contribution in [3.63, 3.8) is 0 Å². The highest BCUT2D eigenvalue weighted by molar-refractivity contribution is 7.85. The maximum Gasteiger partial charge on any atom is 0.254 e. The molecule has 2 aromatic rings. The number of aliphatic hydroxyl groups is 3. The monoisotopic (exact) mass is 1150 g/mol. The second-order valence-electron chi connectivity index (χ2n) is 20.7. The van der Waals surface area contributed by atoms with Gasteiger partial charge in [0.25, 0.3) is 11.8 Å². The molecule has 12 amide bonds. The Hall–Kier alpha value is -7.87. The Labute approximate surface area is 465 Å². The minimum Gasteiger partial charge on any atom is -0.508 e. The van der Waals surface area contributed by atoms with E-state index in [1.165, 1.54) is 24.0 Å². The summed E-state index contributed by atoms with van der Waals surface area (Å²) in [7, 11) is -2.53. The third-order valence-electron chi connectivity index (χ3n) is 15.1. The van der Waals surface area contributed by atoms with Crippen molar-refractivity contribution in [2.75, 3.05) is 64.7 Å². The van der Waals surface area contributed by atoms with Crippen LogP contribution in [0.25, 0.3) is 10.9 Å². The Kier molecular flexibility index (Phi) is 19.6. The molecule has 7 rings (SSSR count).